The first kappa shape index (κ1) is 21.9. The number of aromatic amines is 1. The Morgan fingerprint density at radius 3 is 2.28 bits per heavy atom. The Kier molecular flexibility index (Phi) is 7.69. The lowest BCUT2D eigenvalue weighted by Crippen LogP contribution is -2.56. The molecule has 156 valence electrons. The van der Waals surface area contributed by atoms with Gasteiger partial charge in [0.1, 0.15) is 23.9 Å². The fourth-order valence-corrected chi connectivity index (χ4v) is 2.53. The number of hydrogen-bond acceptors (Lipinski definition) is 7. The number of nitrogens with two attached hydrogens (primary N) is 1. The summed E-state index contributed by atoms with van der Waals surface area (Å²) in [5, 5.41) is 32.7. The van der Waals surface area contributed by atoms with Gasteiger partial charge in [0.2, 0.25) is 11.8 Å². The van der Waals surface area contributed by atoms with E-state index in [0.717, 1.165) is 0 Å². The van der Waals surface area contributed by atoms with Crippen LogP contribution in [0.25, 0.3) is 0 Å². The number of aromatic nitrogens is 2. The van der Waals surface area contributed by atoms with Crippen LogP contribution < -0.4 is 16.4 Å². The van der Waals surface area contributed by atoms with Crippen LogP contribution in [-0.4, -0.2) is 67.8 Å². The third-order valence-electron chi connectivity index (χ3n) is 4.14. The molecule has 1 aromatic carbocycles. The molecule has 0 aliphatic heterocycles. The zero-order valence-corrected chi connectivity index (χ0v) is 15.4. The molecule has 8 N–H and O–H groups in total. The van der Waals surface area contributed by atoms with Crippen molar-refractivity contribution in [3.8, 4) is 5.75 Å². The normalized spacial score (nSPS) is 13.9. The number of aliphatic carboxylic acids is 1. The van der Waals surface area contributed by atoms with Crippen LogP contribution in [0, 0.1) is 0 Å². The lowest BCUT2D eigenvalue weighted by molar-refractivity contribution is -0.142. The highest BCUT2D eigenvalue weighted by Gasteiger charge is 2.28. The Balaban J connectivity index is 2.15. The van der Waals surface area contributed by atoms with E-state index in [1.54, 1.807) is 12.1 Å². The number of carbonyl (C=O) groups is 3. The van der Waals surface area contributed by atoms with Crippen molar-refractivity contribution in [3.05, 3.63) is 48.0 Å². The number of aromatic hydroxyl groups is 1. The lowest BCUT2D eigenvalue weighted by atomic mass is 10.0. The summed E-state index contributed by atoms with van der Waals surface area (Å²) in [5.74, 6) is -2.71. The van der Waals surface area contributed by atoms with Gasteiger partial charge in [0, 0.05) is 24.7 Å². The first-order valence-electron chi connectivity index (χ1n) is 8.75. The number of phenols is 1. The molecule has 1 heterocycles. The number of carboxylic acids is 1. The van der Waals surface area contributed by atoms with Gasteiger partial charge < -0.3 is 36.7 Å². The maximum atomic E-state index is 12.7. The van der Waals surface area contributed by atoms with Crippen molar-refractivity contribution in [2.45, 2.75) is 31.0 Å². The average Bonchev–Trinajstić information content (AvgIpc) is 3.20. The molecule has 2 aromatic rings. The monoisotopic (exact) mass is 405 g/mol. The Morgan fingerprint density at radius 2 is 1.72 bits per heavy atom. The number of nitrogens with one attached hydrogen (secondary N) is 3. The summed E-state index contributed by atoms with van der Waals surface area (Å²) in [6.45, 7) is -0.614. The van der Waals surface area contributed by atoms with Gasteiger partial charge in [0.25, 0.3) is 0 Å². The molecule has 0 aliphatic carbocycles. The Bertz CT molecular complexity index is 824. The van der Waals surface area contributed by atoms with Gasteiger partial charge in [0.15, 0.2) is 0 Å². The average molecular weight is 405 g/mol. The van der Waals surface area contributed by atoms with Crippen LogP contribution >= 0.6 is 0 Å². The molecule has 0 radical (unpaired) electrons. The van der Waals surface area contributed by atoms with E-state index in [-0.39, 0.29) is 18.6 Å². The van der Waals surface area contributed by atoms with Crippen molar-refractivity contribution >= 4 is 17.8 Å². The van der Waals surface area contributed by atoms with Crippen LogP contribution in [0.2, 0.25) is 0 Å². The van der Waals surface area contributed by atoms with Gasteiger partial charge in [-0.15, -0.1) is 0 Å². The number of imidazole rings is 1. The molecule has 0 aliphatic rings. The third kappa shape index (κ3) is 6.59. The van der Waals surface area contributed by atoms with Crippen molar-refractivity contribution in [2.24, 2.45) is 5.73 Å². The highest BCUT2D eigenvalue weighted by atomic mass is 16.4. The predicted octanol–water partition coefficient (Wildman–Crippen LogP) is -1.73. The van der Waals surface area contributed by atoms with Gasteiger partial charge in [-0.1, -0.05) is 12.1 Å². The molecule has 2 rings (SSSR count). The minimum atomic E-state index is -1.26. The number of H-pyrrole nitrogens is 1. The molecule has 3 unspecified atom stereocenters. The summed E-state index contributed by atoms with van der Waals surface area (Å²) in [5.41, 5.74) is 6.61. The highest BCUT2D eigenvalue weighted by Crippen LogP contribution is 2.12. The Labute approximate surface area is 166 Å². The van der Waals surface area contributed by atoms with E-state index in [1.807, 2.05) is 0 Å². The minimum absolute atomic E-state index is 0.0202. The van der Waals surface area contributed by atoms with Crippen molar-refractivity contribution in [2.75, 3.05) is 6.61 Å². The molecule has 0 bridgehead atoms. The van der Waals surface area contributed by atoms with Crippen LogP contribution in [0.4, 0.5) is 0 Å². The van der Waals surface area contributed by atoms with Crippen LogP contribution in [0.5, 0.6) is 5.75 Å². The maximum absolute atomic E-state index is 12.7. The van der Waals surface area contributed by atoms with Crippen LogP contribution in [0.1, 0.15) is 11.3 Å². The smallest absolute Gasteiger partial charge is 0.326 e. The molecule has 0 saturated heterocycles. The SMILES string of the molecule is NC(CO)C(=O)NC(Cc1ccc(O)cc1)C(=O)NC(Cc1cnc[nH]1)C(=O)O. The number of nitrogens with zero attached hydrogens (tertiary/aromatic N) is 1. The second kappa shape index (κ2) is 10.2. The quantitative estimate of drug-likeness (QED) is 0.242. The number of phenolic OH excluding ortho intramolecular Hbond substituents is 1. The fraction of sp³-hybridized carbons (Fsp3) is 0.333. The number of carboxylic acid groups (broad SMARTS) is 1. The van der Waals surface area contributed by atoms with E-state index < -0.39 is 42.5 Å². The van der Waals surface area contributed by atoms with E-state index in [9.17, 15) is 24.6 Å². The zero-order valence-electron chi connectivity index (χ0n) is 15.4. The second-order valence-corrected chi connectivity index (χ2v) is 6.40. The van der Waals surface area contributed by atoms with Crippen LogP contribution in [-0.2, 0) is 27.2 Å². The number of hydrogen-bond donors (Lipinski definition) is 7. The first-order chi connectivity index (χ1) is 13.8. The van der Waals surface area contributed by atoms with E-state index >= 15 is 0 Å². The van der Waals surface area contributed by atoms with E-state index in [2.05, 4.69) is 20.6 Å². The third-order valence-corrected chi connectivity index (χ3v) is 4.14. The van der Waals surface area contributed by atoms with Crippen molar-refractivity contribution in [1.82, 2.24) is 20.6 Å². The van der Waals surface area contributed by atoms with Crippen LogP contribution in [0.3, 0.4) is 0 Å². The van der Waals surface area contributed by atoms with Gasteiger partial charge in [0.05, 0.1) is 12.9 Å². The molecule has 3 atom stereocenters. The number of carbonyl (C=O) groups excluding carboxylic acids is 2. The van der Waals surface area contributed by atoms with Crippen molar-refractivity contribution in [3.63, 3.8) is 0 Å². The minimum Gasteiger partial charge on any atom is -0.508 e. The number of rotatable bonds is 10. The van der Waals surface area contributed by atoms with Gasteiger partial charge >= 0.3 is 5.97 Å². The molecule has 29 heavy (non-hydrogen) atoms. The van der Waals surface area contributed by atoms with Gasteiger partial charge in [-0.05, 0) is 17.7 Å². The molecule has 11 heteroatoms. The largest absolute Gasteiger partial charge is 0.508 e. The molecule has 0 spiro atoms. The summed E-state index contributed by atoms with van der Waals surface area (Å²) >= 11 is 0. The van der Waals surface area contributed by atoms with E-state index in [4.69, 9.17) is 10.8 Å². The summed E-state index contributed by atoms with van der Waals surface area (Å²) < 4.78 is 0. The summed E-state index contributed by atoms with van der Waals surface area (Å²) in [6.07, 6.45) is 2.82. The number of aliphatic hydroxyl groups excluding tert-OH is 1. The van der Waals surface area contributed by atoms with Crippen molar-refractivity contribution in [1.29, 1.82) is 0 Å². The van der Waals surface area contributed by atoms with Crippen molar-refractivity contribution < 1.29 is 29.7 Å². The second-order valence-electron chi connectivity index (χ2n) is 6.40. The summed E-state index contributed by atoms with van der Waals surface area (Å²) in [4.78, 5) is 42.9. The molecule has 11 nitrogen and oxygen atoms in total. The number of benzene rings is 1. The topological polar surface area (TPSA) is 191 Å². The highest BCUT2D eigenvalue weighted by molar-refractivity contribution is 5.92. The van der Waals surface area contributed by atoms with Gasteiger partial charge in [-0.2, -0.15) is 0 Å². The summed E-state index contributed by atoms with van der Waals surface area (Å²) in [6, 6.07) is 2.33. The fourth-order valence-electron chi connectivity index (χ4n) is 2.53. The number of amides is 2. The van der Waals surface area contributed by atoms with Crippen LogP contribution in [0.15, 0.2) is 36.8 Å². The standard InChI is InChI=1S/C18H23N5O6/c19-13(8-24)16(26)22-14(5-10-1-3-12(25)4-2-10)17(27)23-15(18(28)29)6-11-7-20-9-21-11/h1-4,7,9,13-15,24-25H,5-6,8,19H2,(H,20,21)(H,22,26)(H,23,27)(H,28,29). The molecule has 1 aromatic heterocycles. The molecule has 0 fully saturated rings. The van der Waals surface area contributed by atoms with Gasteiger partial charge in [-0.25, -0.2) is 9.78 Å². The predicted molar refractivity (Wildman–Crippen MR) is 101 cm³/mol. The summed E-state index contributed by atoms with van der Waals surface area (Å²) in [7, 11) is 0. The zero-order chi connectivity index (χ0) is 21.4. The number of aliphatic hydroxyl groups is 1. The molecular formula is C18H23N5O6. The lowest BCUT2D eigenvalue weighted by Gasteiger charge is -2.22. The van der Waals surface area contributed by atoms with E-state index in [1.165, 1.54) is 24.7 Å². The Morgan fingerprint density at radius 1 is 1.07 bits per heavy atom. The molecule has 0 saturated carbocycles. The Hall–Kier alpha value is -3.44. The molecule has 2 amide bonds. The van der Waals surface area contributed by atoms with Gasteiger partial charge in [-0.3, -0.25) is 9.59 Å². The van der Waals surface area contributed by atoms with E-state index in [0.29, 0.717) is 11.3 Å². The first-order valence-corrected chi connectivity index (χ1v) is 8.75. The molecular weight excluding hydrogens is 382 g/mol. The maximum Gasteiger partial charge on any atom is 0.326 e.